The second kappa shape index (κ2) is 7.95. The lowest BCUT2D eigenvalue weighted by Gasteiger charge is -2.31. The van der Waals surface area contributed by atoms with Crippen LogP contribution >= 0.6 is 11.6 Å². The van der Waals surface area contributed by atoms with Gasteiger partial charge in [0.1, 0.15) is 5.82 Å². The number of halogens is 1. The molecule has 2 aromatic rings. The molecule has 1 saturated heterocycles. The molecule has 8 heteroatoms. The van der Waals surface area contributed by atoms with Gasteiger partial charge in [-0.1, -0.05) is 11.6 Å². The maximum atomic E-state index is 12.2. The highest BCUT2D eigenvalue weighted by atomic mass is 35.5. The topological polar surface area (TPSA) is 104 Å². The van der Waals surface area contributed by atoms with Crippen LogP contribution in [0, 0.1) is 5.92 Å². The molecule has 1 unspecified atom stereocenters. The number of benzene rings is 1. The lowest BCUT2D eigenvalue weighted by Crippen LogP contribution is -2.44. The van der Waals surface area contributed by atoms with Gasteiger partial charge in [0, 0.05) is 24.7 Å². The van der Waals surface area contributed by atoms with Gasteiger partial charge in [-0.3, -0.25) is 14.5 Å². The number of nitrogens with two attached hydrogens (primary N) is 1. The third-order valence-electron chi connectivity index (χ3n) is 4.41. The minimum atomic E-state index is -0.197. The van der Waals surface area contributed by atoms with E-state index in [0.717, 1.165) is 19.4 Å². The smallest absolute Gasteiger partial charge is 0.258 e. The second-order valence-corrected chi connectivity index (χ2v) is 6.76. The normalized spacial score (nSPS) is 18.4. The van der Waals surface area contributed by atoms with Crippen molar-refractivity contribution < 1.29 is 4.79 Å². The Morgan fingerprint density at radius 3 is 3.12 bits per heavy atom. The van der Waals surface area contributed by atoms with Crippen LogP contribution in [0.25, 0.3) is 10.9 Å². The maximum absolute atomic E-state index is 12.2. The van der Waals surface area contributed by atoms with Crippen LogP contribution in [-0.2, 0) is 11.3 Å². The Bertz CT molecular complexity index is 822. The lowest BCUT2D eigenvalue weighted by atomic mass is 9.97. The van der Waals surface area contributed by atoms with Gasteiger partial charge in [-0.15, -0.1) is 0 Å². The van der Waals surface area contributed by atoms with Crippen LogP contribution in [0.3, 0.4) is 0 Å². The fraction of sp³-hybridized carbons (Fsp3) is 0.471. The summed E-state index contributed by atoms with van der Waals surface area (Å²) in [4.78, 5) is 33.9. The number of amides is 1. The number of fused-ring (bicyclic) bond motifs is 1. The Hall–Kier alpha value is -1.96. The average Bonchev–Trinajstić information content (AvgIpc) is 2.60. The first-order valence-corrected chi connectivity index (χ1v) is 8.83. The maximum Gasteiger partial charge on any atom is 0.258 e. The van der Waals surface area contributed by atoms with Crippen molar-refractivity contribution in [2.24, 2.45) is 11.7 Å². The summed E-state index contributed by atoms with van der Waals surface area (Å²) in [5.41, 5.74) is 5.85. The molecule has 7 nitrogen and oxygen atoms in total. The molecule has 134 valence electrons. The summed E-state index contributed by atoms with van der Waals surface area (Å²) in [6.45, 7) is 2.97. The van der Waals surface area contributed by atoms with Crippen LogP contribution in [0.15, 0.2) is 23.0 Å². The van der Waals surface area contributed by atoms with Gasteiger partial charge >= 0.3 is 0 Å². The number of carbonyl (C=O) groups excluding carboxylic acids is 1. The number of likely N-dealkylation sites (tertiary alicyclic amines) is 1. The van der Waals surface area contributed by atoms with Gasteiger partial charge in [-0.25, -0.2) is 4.98 Å². The van der Waals surface area contributed by atoms with Gasteiger partial charge in [0.2, 0.25) is 5.91 Å². The Balaban J connectivity index is 1.71. The number of aromatic amines is 1. The van der Waals surface area contributed by atoms with Gasteiger partial charge in [-0.05, 0) is 37.6 Å². The number of piperidine rings is 1. The fourth-order valence-electron chi connectivity index (χ4n) is 3.20. The predicted octanol–water partition coefficient (Wildman–Crippen LogP) is 0.863. The Morgan fingerprint density at radius 2 is 2.32 bits per heavy atom. The Kier molecular flexibility index (Phi) is 5.67. The fourth-order valence-corrected chi connectivity index (χ4v) is 3.37. The van der Waals surface area contributed by atoms with Crippen molar-refractivity contribution >= 4 is 28.4 Å². The molecule has 1 amide bonds. The summed E-state index contributed by atoms with van der Waals surface area (Å²) < 4.78 is 0. The molecule has 1 aromatic carbocycles. The summed E-state index contributed by atoms with van der Waals surface area (Å²) in [6.07, 6.45) is 1.81. The molecule has 4 N–H and O–H groups in total. The number of nitrogens with zero attached hydrogens (tertiary/aromatic N) is 2. The van der Waals surface area contributed by atoms with Gasteiger partial charge in [0.15, 0.2) is 0 Å². The lowest BCUT2D eigenvalue weighted by molar-refractivity contribution is -0.126. The van der Waals surface area contributed by atoms with Crippen molar-refractivity contribution in [2.45, 2.75) is 19.4 Å². The summed E-state index contributed by atoms with van der Waals surface area (Å²) >= 11 is 5.93. The number of nitrogens with one attached hydrogen (secondary N) is 2. The molecule has 1 aromatic heterocycles. The first-order valence-electron chi connectivity index (χ1n) is 8.45. The zero-order valence-electron chi connectivity index (χ0n) is 13.9. The number of hydrogen-bond acceptors (Lipinski definition) is 5. The molecule has 1 atom stereocenters. The third kappa shape index (κ3) is 4.36. The molecule has 1 aliphatic heterocycles. The van der Waals surface area contributed by atoms with Gasteiger partial charge in [-0.2, -0.15) is 0 Å². The van der Waals surface area contributed by atoms with Crippen molar-refractivity contribution in [1.82, 2.24) is 20.2 Å². The van der Waals surface area contributed by atoms with Gasteiger partial charge < -0.3 is 16.0 Å². The molecule has 1 fully saturated rings. The van der Waals surface area contributed by atoms with Crippen molar-refractivity contribution in [3.8, 4) is 0 Å². The first kappa shape index (κ1) is 17.8. The summed E-state index contributed by atoms with van der Waals surface area (Å²) in [5, 5.41) is 3.84. The van der Waals surface area contributed by atoms with E-state index in [1.54, 1.807) is 18.2 Å². The highest BCUT2D eigenvalue weighted by molar-refractivity contribution is 6.31. The standard InChI is InChI=1S/C17H22ClN5O2/c18-12-3-4-14-13(8-12)17(25)22-15(21-14)10-23-7-1-2-11(9-23)16(24)20-6-5-19/h3-4,8,11H,1-2,5-7,9-10,19H2,(H,20,24)(H,21,22,25). The molecule has 2 heterocycles. The highest BCUT2D eigenvalue weighted by Crippen LogP contribution is 2.19. The van der Waals surface area contributed by atoms with Crippen LogP contribution in [0.1, 0.15) is 18.7 Å². The summed E-state index contributed by atoms with van der Waals surface area (Å²) in [6, 6.07) is 5.08. The predicted molar refractivity (Wildman–Crippen MR) is 97.4 cm³/mol. The highest BCUT2D eigenvalue weighted by Gasteiger charge is 2.26. The zero-order chi connectivity index (χ0) is 17.8. The first-order chi connectivity index (χ1) is 12.1. The van der Waals surface area contributed by atoms with Crippen molar-refractivity contribution in [2.75, 3.05) is 26.2 Å². The number of rotatable bonds is 5. The molecular formula is C17H22ClN5O2. The number of hydrogen-bond donors (Lipinski definition) is 3. The largest absolute Gasteiger partial charge is 0.355 e. The van der Waals surface area contributed by atoms with Gasteiger partial charge in [0.05, 0.1) is 23.4 Å². The Labute approximate surface area is 150 Å². The van der Waals surface area contributed by atoms with E-state index in [-0.39, 0.29) is 17.4 Å². The molecule has 0 aliphatic carbocycles. The Morgan fingerprint density at radius 1 is 1.48 bits per heavy atom. The van der Waals surface area contributed by atoms with Crippen LogP contribution < -0.4 is 16.6 Å². The van der Waals surface area contributed by atoms with E-state index in [4.69, 9.17) is 17.3 Å². The molecule has 0 saturated carbocycles. The minimum Gasteiger partial charge on any atom is -0.355 e. The van der Waals surface area contributed by atoms with E-state index in [9.17, 15) is 9.59 Å². The van der Waals surface area contributed by atoms with E-state index in [2.05, 4.69) is 20.2 Å². The van der Waals surface area contributed by atoms with Crippen molar-refractivity contribution in [1.29, 1.82) is 0 Å². The molecule has 1 aliphatic rings. The van der Waals surface area contributed by atoms with Crippen LogP contribution in [0.5, 0.6) is 0 Å². The van der Waals surface area contributed by atoms with E-state index in [0.29, 0.717) is 47.9 Å². The van der Waals surface area contributed by atoms with Crippen LogP contribution in [0.2, 0.25) is 5.02 Å². The van der Waals surface area contributed by atoms with Crippen molar-refractivity contribution in [3.05, 3.63) is 39.4 Å². The number of H-pyrrole nitrogens is 1. The van der Waals surface area contributed by atoms with Gasteiger partial charge in [0.25, 0.3) is 5.56 Å². The zero-order valence-corrected chi connectivity index (χ0v) is 14.7. The molecule has 0 spiro atoms. The van der Waals surface area contributed by atoms with Crippen LogP contribution in [-0.4, -0.2) is 47.0 Å². The van der Waals surface area contributed by atoms with Crippen molar-refractivity contribution in [3.63, 3.8) is 0 Å². The summed E-state index contributed by atoms with van der Waals surface area (Å²) in [7, 11) is 0. The third-order valence-corrected chi connectivity index (χ3v) is 4.64. The second-order valence-electron chi connectivity index (χ2n) is 6.33. The van der Waals surface area contributed by atoms with E-state index in [1.807, 2.05) is 0 Å². The number of aromatic nitrogens is 2. The molecule has 25 heavy (non-hydrogen) atoms. The van der Waals surface area contributed by atoms with Crippen LogP contribution in [0.4, 0.5) is 0 Å². The molecule has 0 radical (unpaired) electrons. The molecule has 3 rings (SSSR count). The quantitative estimate of drug-likeness (QED) is 0.731. The van der Waals surface area contributed by atoms with E-state index in [1.165, 1.54) is 0 Å². The molecule has 0 bridgehead atoms. The SMILES string of the molecule is NCCNC(=O)C1CCCN(Cc2nc3ccc(Cl)cc3c(=O)[nH]2)C1. The monoisotopic (exact) mass is 363 g/mol. The average molecular weight is 364 g/mol. The number of carbonyl (C=O) groups is 1. The molecular weight excluding hydrogens is 342 g/mol. The van der Waals surface area contributed by atoms with E-state index >= 15 is 0 Å². The van der Waals surface area contributed by atoms with E-state index < -0.39 is 0 Å². The minimum absolute atomic E-state index is 0.0461. The summed E-state index contributed by atoms with van der Waals surface area (Å²) in [5.74, 6) is 0.596.